The van der Waals surface area contributed by atoms with Crippen molar-refractivity contribution in [2.45, 2.75) is 25.8 Å². The summed E-state index contributed by atoms with van der Waals surface area (Å²) < 4.78 is 80.6. The minimum Gasteiger partial charge on any atom is -0.318 e. The molecule has 1 N–H and O–H groups in total. The van der Waals surface area contributed by atoms with Gasteiger partial charge in [0.25, 0.3) is 5.91 Å². The Morgan fingerprint density at radius 3 is 2.53 bits per heavy atom. The van der Waals surface area contributed by atoms with E-state index in [-0.39, 0.29) is 33.7 Å². The zero-order chi connectivity index (χ0) is 24.8. The second kappa shape index (κ2) is 8.42. The van der Waals surface area contributed by atoms with E-state index in [1.165, 1.54) is 36.1 Å². The van der Waals surface area contributed by atoms with Crippen LogP contribution in [-0.2, 0) is 18.9 Å². The number of aromatic nitrogens is 5. The van der Waals surface area contributed by atoms with Crippen molar-refractivity contribution in [1.82, 2.24) is 24.4 Å². The van der Waals surface area contributed by atoms with Crippen molar-refractivity contribution >= 4 is 33.2 Å². The van der Waals surface area contributed by atoms with Crippen LogP contribution in [0.25, 0.3) is 5.65 Å². The lowest BCUT2D eigenvalue weighted by Crippen LogP contribution is -2.15. The summed E-state index contributed by atoms with van der Waals surface area (Å²) in [7, 11) is 0. The molecule has 0 bridgehead atoms. The minimum absolute atomic E-state index is 0.00398. The minimum atomic E-state index is -4.73. The molecule has 0 spiro atoms. The quantitative estimate of drug-likeness (QED) is 0.351. The Morgan fingerprint density at radius 1 is 1.12 bits per heavy atom. The number of carbonyl (C=O) groups excluding carboxylic acids is 1. The third-order valence-electron chi connectivity index (χ3n) is 4.66. The molecule has 1 aromatic carbocycles. The Bertz CT molecular complexity index is 1390. The van der Waals surface area contributed by atoms with Gasteiger partial charge in [-0.2, -0.15) is 36.5 Å². The number of hydrogen-bond donors (Lipinski definition) is 1. The van der Waals surface area contributed by atoms with Crippen LogP contribution >= 0.6 is 15.9 Å². The van der Waals surface area contributed by atoms with Crippen LogP contribution in [0, 0.1) is 6.92 Å². The Balaban J connectivity index is 1.56. The Kier molecular flexibility index (Phi) is 5.87. The van der Waals surface area contributed by atoms with Crippen molar-refractivity contribution in [3.8, 4) is 0 Å². The Morgan fingerprint density at radius 2 is 1.85 bits per heavy atom. The van der Waals surface area contributed by atoms with Crippen molar-refractivity contribution in [3.63, 3.8) is 0 Å². The van der Waals surface area contributed by atoms with Gasteiger partial charge in [-0.15, -0.1) is 0 Å². The molecule has 3 heterocycles. The lowest BCUT2D eigenvalue weighted by Gasteiger charge is -2.09. The predicted molar refractivity (Wildman–Crippen MR) is 111 cm³/mol. The molecule has 4 rings (SSSR count). The van der Waals surface area contributed by atoms with E-state index in [9.17, 15) is 31.1 Å². The monoisotopic (exact) mass is 546 g/mol. The fraction of sp³-hybridized carbons (Fsp3) is 0.200. The predicted octanol–water partition coefficient (Wildman–Crippen LogP) is 5.33. The van der Waals surface area contributed by atoms with Crippen molar-refractivity contribution in [2.24, 2.45) is 0 Å². The number of carbonyl (C=O) groups is 1. The van der Waals surface area contributed by atoms with Crippen LogP contribution in [0.4, 0.5) is 32.0 Å². The molecule has 0 saturated heterocycles. The summed E-state index contributed by atoms with van der Waals surface area (Å²) >= 11 is 3.09. The first-order valence-electron chi connectivity index (χ1n) is 9.46. The van der Waals surface area contributed by atoms with Gasteiger partial charge < -0.3 is 5.32 Å². The summed E-state index contributed by atoms with van der Waals surface area (Å²) in [5.74, 6) is -0.832. The molecule has 4 aromatic rings. The highest BCUT2D eigenvalue weighted by Crippen LogP contribution is 2.33. The first kappa shape index (κ1) is 23.7. The van der Waals surface area contributed by atoms with E-state index in [0.717, 1.165) is 18.2 Å². The van der Waals surface area contributed by atoms with Gasteiger partial charge in [0.2, 0.25) is 0 Å². The maximum atomic E-state index is 13.4. The summed E-state index contributed by atoms with van der Waals surface area (Å²) in [6.45, 7) is 1.38. The Labute approximate surface area is 195 Å². The van der Waals surface area contributed by atoms with Crippen LogP contribution in [0.3, 0.4) is 0 Å². The number of benzene rings is 1. The van der Waals surface area contributed by atoms with Gasteiger partial charge in [0.05, 0.1) is 28.5 Å². The molecule has 34 heavy (non-hydrogen) atoms. The molecule has 0 aliphatic carbocycles. The van der Waals surface area contributed by atoms with E-state index in [1.807, 2.05) is 0 Å². The molecule has 0 aliphatic rings. The van der Waals surface area contributed by atoms with Crippen molar-refractivity contribution in [3.05, 3.63) is 75.4 Å². The number of fused-ring (bicyclic) bond motifs is 1. The lowest BCUT2D eigenvalue weighted by molar-refractivity contribution is -0.142. The highest BCUT2D eigenvalue weighted by atomic mass is 79.9. The SMILES string of the molecule is Cc1cc(C(F)(F)F)n2nc(C(=O)Nc3cnn(Cc4cccc(C(F)(F)F)c4)c3)c(Br)c2n1. The topological polar surface area (TPSA) is 77.1 Å². The third kappa shape index (κ3) is 4.76. The van der Waals surface area contributed by atoms with E-state index < -0.39 is 29.5 Å². The van der Waals surface area contributed by atoms with E-state index in [0.29, 0.717) is 10.1 Å². The standard InChI is InChI=1S/C20H13BrF6N6O/c1-10-5-14(20(25,26)27)33-17(29-10)15(21)16(31-33)18(34)30-13-7-28-32(9-13)8-11-3-2-4-12(6-11)19(22,23)24/h2-7,9H,8H2,1H3,(H,30,34). The van der Waals surface area contributed by atoms with Gasteiger partial charge in [-0.05, 0) is 46.6 Å². The fourth-order valence-electron chi connectivity index (χ4n) is 3.20. The molecule has 1 amide bonds. The van der Waals surface area contributed by atoms with Crippen LogP contribution in [0.2, 0.25) is 0 Å². The third-order valence-corrected chi connectivity index (χ3v) is 5.39. The maximum Gasteiger partial charge on any atom is 0.433 e. The highest BCUT2D eigenvalue weighted by Gasteiger charge is 2.36. The summed E-state index contributed by atoms with van der Waals surface area (Å²) in [5, 5.41) is 10.2. The molecule has 3 aromatic heterocycles. The summed E-state index contributed by atoms with van der Waals surface area (Å²) in [6, 6.07) is 5.52. The number of alkyl halides is 6. The van der Waals surface area contributed by atoms with E-state index in [1.54, 1.807) is 0 Å². The second-order valence-electron chi connectivity index (χ2n) is 7.26. The van der Waals surface area contributed by atoms with Crippen LogP contribution in [0.1, 0.15) is 33.0 Å². The van der Waals surface area contributed by atoms with E-state index in [4.69, 9.17) is 0 Å². The molecule has 0 atom stereocenters. The zero-order valence-electron chi connectivity index (χ0n) is 17.0. The zero-order valence-corrected chi connectivity index (χ0v) is 18.6. The fourth-order valence-corrected chi connectivity index (χ4v) is 3.71. The number of nitrogens with one attached hydrogen (secondary N) is 1. The van der Waals surface area contributed by atoms with Crippen LogP contribution in [0.5, 0.6) is 0 Å². The summed E-state index contributed by atoms with van der Waals surface area (Å²) in [5.41, 5.74) is -1.83. The lowest BCUT2D eigenvalue weighted by atomic mass is 10.1. The summed E-state index contributed by atoms with van der Waals surface area (Å²) in [6.07, 6.45) is -6.60. The van der Waals surface area contributed by atoms with Crippen molar-refractivity contribution < 1.29 is 31.1 Å². The van der Waals surface area contributed by atoms with Gasteiger partial charge in [-0.1, -0.05) is 12.1 Å². The normalized spacial score (nSPS) is 12.4. The molecule has 0 unspecified atom stereocenters. The first-order chi connectivity index (χ1) is 15.8. The van der Waals surface area contributed by atoms with Gasteiger partial charge in [0.15, 0.2) is 11.3 Å². The van der Waals surface area contributed by atoms with Gasteiger partial charge in [0, 0.05) is 11.9 Å². The van der Waals surface area contributed by atoms with Gasteiger partial charge in [0.1, 0.15) is 5.69 Å². The number of rotatable bonds is 4. The molecule has 7 nitrogen and oxygen atoms in total. The average molecular weight is 547 g/mol. The first-order valence-corrected chi connectivity index (χ1v) is 10.3. The molecule has 14 heteroatoms. The largest absolute Gasteiger partial charge is 0.433 e. The number of amides is 1. The highest BCUT2D eigenvalue weighted by molar-refractivity contribution is 9.10. The second-order valence-corrected chi connectivity index (χ2v) is 8.05. The molecule has 0 fully saturated rings. The molecule has 178 valence electrons. The van der Waals surface area contributed by atoms with Crippen LogP contribution in [0.15, 0.2) is 47.2 Å². The van der Waals surface area contributed by atoms with Crippen molar-refractivity contribution in [2.75, 3.05) is 5.32 Å². The number of nitrogens with zero attached hydrogens (tertiary/aromatic N) is 5. The van der Waals surface area contributed by atoms with Crippen LogP contribution in [-0.4, -0.2) is 30.3 Å². The molecule has 0 radical (unpaired) electrons. The number of hydrogen-bond acceptors (Lipinski definition) is 4. The molecular weight excluding hydrogens is 534 g/mol. The van der Waals surface area contributed by atoms with E-state index in [2.05, 4.69) is 36.4 Å². The van der Waals surface area contributed by atoms with Crippen LogP contribution < -0.4 is 5.32 Å². The van der Waals surface area contributed by atoms with Gasteiger partial charge in [-0.3, -0.25) is 9.48 Å². The van der Waals surface area contributed by atoms with Gasteiger partial charge >= 0.3 is 12.4 Å². The number of anilines is 1. The average Bonchev–Trinajstić information content (AvgIpc) is 3.30. The molecule has 0 saturated carbocycles. The van der Waals surface area contributed by atoms with Gasteiger partial charge in [-0.25, -0.2) is 9.50 Å². The maximum absolute atomic E-state index is 13.4. The smallest absolute Gasteiger partial charge is 0.318 e. The Hall–Kier alpha value is -3.42. The molecular formula is C20H13BrF6N6O. The number of aryl methyl sites for hydroxylation is 1. The number of halogens is 7. The van der Waals surface area contributed by atoms with Crippen molar-refractivity contribution in [1.29, 1.82) is 0 Å². The van der Waals surface area contributed by atoms with E-state index >= 15 is 0 Å². The molecule has 0 aliphatic heterocycles. The summed E-state index contributed by atoms with van der Waals surface area (Å²) in [4.78, 5) is 16.7.